The van der Waals surface area contributed by atoms with Crippen molar-refractivity contribution >= 4 is 0 Å². The molecule has 0 saturated heterocycles. The van der Waals surface area contributed by atoms with Crippen LogP contribution in [0.3, 0.4) is 0 Å². The van der Waals surface area contributed by atoms with Gasteiger partial charge in [-0.2, -0.15) is 0 Å². The molecule has 0 aromatic heterocycles. The van der Waals surface area contributed by atoms with Crippen molar-refractivity contribution in [3.8, 4) is 0 Å². The second kappa shape index (κ2) is 21.5. The summed E-state index contributed by atoms with van der Waals surface area (Å²) in [6.07, 6.45) is 29.7. The third-order valence-corrected chi connectivity index (χ3v) is 4.83. The zero-order valence-corrected chi connectivity index (χ0v) is 16.0. The van der Waals surface area contributed by atoms with E-state index in [-0.39, 0.29) is 0 Å². The molecule has 0 aromatic rings. The molecule has 0 aliphatic carbocycles. The summed E-state index contributed by atoms with van der Waals surface area (Å²) in [4.78, 5) is 0. The largest absolute Gasteiger partial charge is 0.516 e. The Labute approximate surface area is 147 Å². The Morgan fingerprint density at radius 2 is 0.783 bits per heavy atom. The van der Waals surface area contributed by atoms with Crippen LogP contribution >= 0.6 is 0 Å². The van der Waals surface area contributed by atoms with E-state index in [9.17, 15) is 0 Å². The van der Waals surface area contributed by atoms with Crippen LogP contribution in [0.25, 0.3) is 0 Å². The normalized spacial score (nSPS) is 11.5. The van der Waals surface area contributed by atoms with Crippen LogP contribution in [0.1, 0.15) is 129 Å². The van der Waals surface area contributed by atoms with Crippen molar-refractivity contribution in [1.29, 1.82) is 0 Å². The highest BCUT2D eigenvalue weighted by atomic mass is 16.2. The van der Waals surface area contributed by atoms with Crippen LogP contribution in [0, 0.1) is 0 Å². The number of hydrogen-bond acceptors (Lipinski definition) is 1. The minimum absolute atomic E-state index is 1.04. The van der Waals surface area contributed by atoms with Gasteiger partial charge in [0, 0.05) is 0 Å². The van der Waals surface area contributed by atoms with Crippen LogP contribution in [0.4, 0.5) is 0 Å². The predicted molar refractivity (Wildman–Crippen MR) is 105 cm³/mol. The molecule has 1 nitrogen and oxygen atoms in total. The van der Waals surface area contributed by atoms with Crippen LogP contribution in [-0.2, 0) is 0 Å². The van der Waals surface area contributed by atoms with Gasteiger partial charge in [0.15, 0.2) is 0 Å². The van der Waals surface area contributed by atoms with E-state index in [0.29, 0.717) is 0 Å². The minimum atomic E-state index is 1.04. The molecule has 0 aromatic carbocycles. The van der Waals surface area contributed by atoms with E-state index in [1.807, 2.05) is 6.08 Å². The van der Waals surface area contributed by atoms with E-state index in [2.05, 4.69) is 6.92 Å². The maximum atomic E-state index is 8.53. The first kappa shape index (κ1) is 22.5. The van der Waals surface area contributed by atoms with Crippen molar-refractivity contribution in [2.24, 2.45) is 0 Å². The molecular weight excluding hydrogens is 280 g/mol. The lowest BCUT2D eigenvalue weighted by Gasteiger charge is -2.03. The summed E-state index contributed by atoms with van der Waals surface area (Å²) in [6, 6.07) is 0. The molecule has 0 radical (unpaired) electrons. The van der Waals surface area contributed by atoms with Crippen LogP contribution in [-0.4, -0.2) is 5.11 Å². The van der Waals surface area contributed by atoms with Gasteiger partial charge in [0.1, 0.15) is 0 Å². The summed E-state index contributed by atoms with van der Waals surface area (Å²) >= 11 is 0. The molecule has 0 saturated carbocycles. The van der Waals surface area contributed by atoms with E-state index in [4.69, 9.17) is 5.11 Å². The van der Waals surface area contributed by atoms with Gasteiger partial charge in [0.05, 0.1) is 6.26 Å². The summed E-state index contributed by atoms with van der Waals surface area (Å²) in [5.74, 6) is 0. The van der Waals surface area contributed by atoms with Gasteiger partial charge in [-0.1, -0.05) is 122 Å². The Morgan fingerprint density at radius 3 is 1.09 bits per heavy atom. The Bertz CT molecular complexity index is 222. The van der Waals surface area contributed by atoms with E-state index >= 15 is 0 Å². The monoisotopic (exact) mass is 324 g/mol. The number of allylic oxidation sites excluding steroid dienone is 1. The number of unbranched alkanes of at least 4 members (excludes halogenated alkanes) is 18. The maximum absolute atomic E-state index is 8.53. The van der Waals surface area contributed by atoms with E-state index < -0.39 is 0 Å². The molecule has 0 unspecified atom stereocenters. The van der Waals surface area contributed by atoms with E-state index in [1.165, 1.54) is 122 Å². The molecule has 138 valence electrons. The number of aliphatic hydroxyl groups is 1. The molecule has 0 spiro atoms. The highest BCUT2D eigenvalue weighted by Gasteiger charge is 1.94. The molecule has 0 rings (SSSR count). The number of aliphatic hydroxyl groups excluding tert-OH is 1. The Balaban J connectivity index is 2.95. The van der Waals surface area contributed by atoms with Crippen LogP contribution in [0.15, 0.2) is 12.3 Å². The molecular formula is C22H44O. The lowest BCUT2D eigenvalue weighted by Crippen LogP contribution is -1.84. The zero-order chi connectivity index (χ0) is 16.8. The lowest BCUT2D eigenvalue weighted by atomic mass is 10.0. The summed E-state index contributed by atoms with van der Waals surface area (Å²) in [5, 5.41) is 8.53. The second-order valence-corrected chi connectivity index (χ2v) is 7.18. The quantitative estimate of drug-likeness (QED) is 0.186. The first-order valence-electron chi connectivity index (χ1n) is 10.7. The number of rotatable bonds is 19. The molecule has 23 heavy (non-hydrogen) atoms. The van der Waals surface area contributed by atoms with Crippen molar-refractivity contribution in [3.05, 3.63) is 12.3 Å². The van der Waals surface area contributed by atoms with Crippen molar-refractivity contribution in [1.82, 2.24) is 0 Å². The Kier molecular flexibility index (Phi) is 21.1. The molecule has 0 amide bonds. The molecule has 0 atom stereocenters. The van der Waals surface area contributed by atoms with Gasteiger partial charge < -0.3 is 5.11 Å². The molecule has 0 bridgehead atoms. The SMILES string of the molecule is CCCCCCCCCCCCCCCCCCCCC=CO. The van der Waals surface area contributed by atoms with Gasteiger partial charge >= 0.3 is 0 Å². The molecule has 0 aliphatic rings. The van der Waals surface area contributed by atoms with Gasteiger partial charge in [0.25, 0.3) is 0 Å². The van der Waals surface area contributed by atoms with E-state index in [0.717, 1.165) is 6.42 Å². The van der Waals surface area contributed by atoms with Gasteiger partial charge in [-0.05, 0) is 12.8 Å². The van der Waals surface area contributed by atoms with Gasteiger partial charge in [-0.3, -0.25) is 0 Å². The minimum Gasteiger partial charge on any atom is -0.516 e. The fraction of sp³-hybridized carbons (Fsp3) is 0.909. The maximum Gasteiger partial charge on any atom is 0.0751 e. The molecule has 0 heterocycles. The smallest absolute Gasteiger partial charge is 0.0751 e. The van der Waals surface area contributed by atoms with Crippen molar-refractivity contribution in [2.75, 3.05) is 0 Å². The zero-order valence-electron chi connectivity index (χ0n) is 16.0. The lowest BCUT2D eigenvalue weighted by molar-refractivity contribution is 0.469. The molecule has 1 N–H and O–H groups in total. The first-order valence-corrected chi connectivity index (χ1v) is 10.7. The average Bonchev–Trinajstić information content (AvgIpc) is 2.57. The van der Waals surface area contributed by atoms with Crippen molar-refractivity contribution in [2.45, 2.75) is 129 Å². The molecule has 0 fully saturated rings. The number of hydrogen-bond donors (Lipinski definition) is 1. The first-order chi connectivity index (χ1) is 11.4. The van der Waals surface area contributed by atoms with Crippen LogP contribution in [0.2, 0.25) is 0 Å². The van der Waals surface area contributed by atoms with Gasteiger partial charge in [-0.15, -0.1) is 0 Å². The summed E-state index contributed by atoms with van der Waals surface area (Å²) in [5.41, 5.74) is 0. The summed E-state index contributed by atoms with van der Waals surface area (Å²) in [7, 11) is 0. The Hall–Kier alpha value is -0.460. The van der Waals surface area contributed by atoms with Crippen LogP contribution < -0.4 is 0 Å². The fourth-order valence-electron chi connectivity index (χ4n) is 3.24. The standard InChI is InChI=1S/C22H44O/c1-2-3-4-5-6-7-8-9-10-11-12-13-14-15-16-17-18-19-20-21-22-23/h21-23H,2-20H2,1H3. The van der Waals surface area contributed by atoms with Gasteiger partial charge in [-0.25, -0.2) is 0 Å². The third-order valence-electron chi connectivity index (χ3n) is 4.83. The van der Waals surface area contributed by atoms with Gasteiger partial charge in [0.2, 0.25) is 0 Å². The van der Waals surface area contributed by atoms with Crippen molar-refractivity contribution < 1.29 is 5.11 Å². The van der Waals surface area contributed by atoms with E-state index in [1.54, 1.807) is 0 Å². The topological polar surface area (TPSA) is 20.2 Å². The molecule has 0 aliphatic heterocycles. The average molecular weight is 325 g/mol. The third kappa shape index (κ3) is 21.5. The highest BCUT2D eigenvalue weighted by molar-refractivity contribution is 4.70. The van der Waals surface area contributed by atoms with Crippen LogP contribution in [0.5, 0.6) is 0 Å². The summed E-state index contributed by atoms with van der Waals surface area (Å²) in [6.45, 7) is 2.29. The van der Waals surface area contributed by atoms with Crippen molar-refractivity contribution in [3.63, 3.8) is 0 Å². The predicted octanol–water partition coefficient (Wildman–Crippen LogP) is 8.49. The highest BCUT2D eigenvalue weighted by Crippen LogP contribution is 2.14. The molecule has 1 heteroatoms. The summed E-state index contributed by atoms with van der Waals surface area (Å²) < 4.78 is 0. The fourth-order valence-corrected chi connectivity index (χ4v) is 3.24. The Morgan fingerprint density at radius 1 is 0.478 bits per heavy atom. The second-order valence-electron chi connectivity index (χ2n) is 7.18.